The van der Waals surface area contributed by atoms with Crippen molar-refractivity contribution in [3.63, 3.8) is 0 Å². The van der Waals surface area contributed by atoms with Crippen LogP contribution in [-0.2, 0) is 12.7 Å². The molecule has 0 aliphatic rings. The second-order valence-electron chi connectivity index (χ2n) is 3.72. The van der Waals surface area contributed by atoms with E-state index in [1.54, 1.807) is 0 Å². The van der Waals surface area contributed by atoms with E-state index >= 15 is 0 Å². The Kier molecular flexibility index (Phi) is 3.64. The normalized spacial score (nSPS) is 11.4. The van der Waals surface area contributed by atoms with Gasteiger partial charge in [-0.25, -0.2) is 9.37 Å². The predicted molar refractivity (Wildman–Crippen MR) is 60.8 cm³/mol. The molecule has 0 saturated heterocycles. The molecule has 19 heavy (non-hydrogen) atoms. The first-order valence-electron chi connectivity index (χ1n) is 5.33. The van der Waals surface area contributed by atoms with E-state index in [2.05, 4.69) is 15.3 Å². The van der Waals surface area contributed by atoms with Gasteiger partial charge in [0.05, 0.1) is 5.56 Å². The number of halogens is 4. The SMILES string of the molecule is Fc1cccnc1NCc1cnccc1C(F)(F)F. The van der Waals surface area contributed by atoms with Crippen molar-refractivity contribution >= 4 is 5.82 Å². The van der Waals surface area contributed by atoms with Gasteiger partial charge in [0.1, 0.15) is 0 Å². The molecule has 2 aromatic heterocycles. The van der Waals surface area contributed by atoms with Crippen molar-refractivity contribution < 1.29 is 17.6 Å². The molecule has 7 heteroatoms. The van der Waals surface area contributed by atoms with E-state index in [0.717, 1.165) is 18.5 Å². The first-order chi connectivity index (χ1) is 8.98. The van der Waals surface area contributed by atoms with E-state index in [1.807, 2.05) is 0 Å². The lowest BCUT2D eigenvalue weighted by Crippen LogP contribution is -2.13. The number of nitrogens with one attached hydrogen (secondary N) is 1. The average Bonchev–Trinajstić information content (AvgIpc) is 2.37. The summed E-state index contributed by atoms with van der Waals surface area (Å²) < 4.78 is 51.4. The summed E-state index contributed by atoms with van der Waals surface area (Å²) in [6.07, 6.45) is -0.966. The molecule has 0 aromatic carbocycles. The Morgan fingerprint density at radius 2 is 1.95 bits per heavy atom. The maximum Gasteiger partial charge on any atom is 0.416 e. The van der Waals surface area contributed by atoms with Gasteiger partial charge in [-0.05, 0) is 18.2 Å². The highest BCUT2D eigenvalue weighted by molar-refractivity contribution is 5.38. The number of hydrogen-bond donors (Lipinski definition) is 1. The molecule has 0 bridgehead atoms. The van der Waals surface area contributed by atoms with Crippen LogP contribution < -0.4 is 5.32 Å². The van der Waals surface area contributed by atoms with Gasteiger partial charge in [-0.15, -0.1) is 0 Å². The largest absolute Gasteiger partial charge is 0.416 e. The quantitative estimate of drug-likeness (QED) is 0.871. The van der Waals surface area contributed by atoms with Crippen LogP contribution in [-0.4, -0.2) is 9.97 Å². The van der Waals surface area contributed by atoms with Crippen LogP contribution >= 0.6 is 0 Å². The predicted octanol–water partition coefficient (Wildman–Crippen LogP) is 3.25. The monoisotopic (exact) mass is 271 g/mol. The molecule has 0 fully saturated rings. The van der Waals surface area contributed by atoms with Gasteiger partial charge >= 0.3 is 6.18 Å². The lowest BCUT2D eigenvalue weighted by Gasteiger charge is -2.13. The lowest BCUT2D eigenvalue weighted by molar-refractivity contribution is -0.138. The van der Waals surface area contributed by atoms with Gasteiger partial charge in [0, 0.05) is 30.7 Å². The van der Waals surface area contributed by atoms with Gasteiger partial charge in [0.25, 0.3) is 0 Å². The van der Waals surface area contributed by atoms with Gasteiger partial charge in [0.15, 0.2) is 11.6 Å². The van der Waals surface area contributed by atoms with Crippen molar-refractivity contribution in [1.29, 1.82) is 0 Å². The van der Waals surface area contributed by atoms with Crippen LogP contribution in [0, 0.1) is 5.82 Å². The highest BCUT2D eigenvalue weighted by atomic mass is 19.4. The summed E-state index contributed by atoms with van der Waals surface area (Å²) in [6.45, 7) is -0.212. The van der Waals surface area contributed by atoms with Gasteiger partial charge in [-0.1, -0.05) is 0 Å². The third-order valence-corrected chi connectivity index (χ3v) is 2.41. The Morgan fingerprint density at radius 3 is 2.63 bits per heavy atom. The zero-order valence-corrected chi connectivity index (χ0v) is 9.58. The summed E-state index contributed by atoms with van der Waals surface area (Å²) in [4.78, 5) is 7.34. The van der Waals surface area contributed by atoms with Gasteiger partial charge in [-0.2, -0.15) is 13.2 Å². The summed E-state index contributed by atoms with van der Waals surface area (Å²) in [5, 5.41) is 2.52. The number of pyridine rings is 2. The number of nitrogens with zero attached hydrogens (tertiary/aromatic N) is 2. The second-order valence-corrected chi connectivity index (χ2v) is 3.72. The van der Waals surface area contributed by atoms with E-state index < -0.39 is 17.6 Å². The molecule has 100 valence electrons. The Balaban J connectivity index is 2.19. The van der Waals surface area contributed by atoms with Crippen molar-refractivity contribution in [2.24, 2.45) is 0 Å². The molecule has 0 amide bonds. The fourth-order valence-corrected chi connectivity index (χ4v) is 1.54. The smallest absolute Gasteiger partial charge is 0.363 e. The minimum Gasteiger partial charge on any atom is -0.363 e. The Morgan fingerprint density at radius 1 is 1.16 bits per heavy atom. The topological polar surface area (TPSA) is 37.8 Å². The van der Waals surface area contributed by atoms with E-state index in [1.165, 1.54) is 18.3 Å². The molecular formula is C12H9F4N3. The second kappa shape index (κ2) is 5.21. The highest BCUT2D eigenvalue weighted by Gasteiger charge is 2.33. The summed E-state index contributed by atoms with van der Waals surface area (Å²) in [7, 11) is 0. The van der Waals surface area contributed by atoms with Crippen LogP contribution in [0.4, 0.5) is 23.4 Å². The molecule has 2 aromatic rings. The van der Waals surface area contributed by atoms with Gasteiger partial charge < -0.3 is 5.32 Å². The maximum atomic E-state index is 13.3. The first-order valence-corrected chi connectivity index (χ1v) is 5.33. The summed E-state index contributed by atoms with van der Waals surface area (Å²) in [6, 6.07) is 3.45. The van der Waals surface area contributed by atoms with Crippen LogP contribution in [0.5, 0.6) is 0 Å². The molecule has 0 atom stereocenters. The van der Waals surface area contributed by atoms with E-state index in [-0.39, 0.29) is 17.9 Å². The standard InChI is InChI=1S/C12H9F4N3/c13-10-2-1-4-18-11(10)19-7-8-6-17-5-3-9(8)12(14,15)16/h1-6H,7H2,(H,18,19). The minimum atomic E-state index is -4.47. The molecule has 3 nitrogen and oxygen atoms in total. The van der Waals surface area contributed by atoms with Crippen molar-refractivity contribution in [1.82, 2.24) is 9.97 Å². The molecule has 0 aliphatic carbocycles. The fraction of sp³-hybridized carbons (Fsp3) is 0.167. The fourth-order valence-electron chi connectivity index (χ4n) is 1.54. The molecular weight excluding hydrogens is 262 g/mol. The Labute approximate surface area is 106 Å². The van der Waals surface area contributed by atoms with Crippen LogP contribution in [0.1, 0.15) is 11.1 Å². The molecule has 0 radical (unpaired) electrons. The molecule has 0 spiro atoms. The van der Waals surface area contributed by atoms with Crippen LogP contribution in [0.15, 0.2) is 36.8 Å². The van der Waals surface area contributed by atoms with E-state index in [0.29, 0.717) is 0 Å². The molecule has 0 saturated carbocycles. The van der Waals surface area contributed by atoms with Gasteiger partial charge in [-0.3, -0.25) is 4.98 Å². The van der Waals surface area contributed by atoms with Crippen LogP contribution in [0.3, 0.4) is 0 Å². The Hall–Kier alpha value is -2.18. The minimum absolute atomic E-state index is 0.0694. The highest BCUT2D eigenvalue weighted by Crippen LogP contribution is 2.31. The third kappa shape index (κ3) is 3.18. The van der Waals surface area contributed by atoms with Crippen LogP contribution in [0.25, 0.3) is 0 Å². The van der Waals surface area contributed by atoms with E-state index in [4.69, 9.17) is 0 Å². The molecule has 0 unspecified atom stereocenters. The first kappa shape index (κ1) is 13.3. The number of rotatable bonds is 3. The van der Waals surface area contributed by atoms with Crippen molar-refractivity contribution in [3.8, 4) is 0 Å². The van der Waals surface area contributed by atoms with Crippen molar-refractivity contribution in [2.45, 2.75) is 12.7 Å². The molecule has 1 N–H and O–H groups in total. The van der Waals surface area contributed by atoms with Crippen molar-refractivity contribution in [3.05, 3.63) is 53.7 Å². The zero-order valence-electron chi connectivity index (χ0n) is 9.58. The summed E-state index contributed by atoms with van der Waals surface area (Å²) in [5.41, 5.74) is -0.869. The molecule has 0 aliphatic heterocycles. The molecule has 2 rings (SSSR count). The van der Waals surface area contributed by atoms with E-state index in [9.17, 15) is 17.6 Å². The van der Waals surface area contributed by atoms with Gasteiger partial charge in [0.2, 0.25) is 0 Å². The van der Waals surface area contributed by atoms with Crippen molar-refractivity contribution in [2.75, 3.05) is 5.32 Å². The third-order valence-electron chi connectivity index (χ3n) is 2.41. The number of aromatic nitrogens is 2. The number of hydrogen-bond acceptors (Lipinski definition) is 3. The average molecular weight is 271 g/mol. The number of anilines is 1. The maximum absolute atomic E-state index is 13.3. The Bertz CT molecular complexity index is 569. The zero-order chi connectivity index (χ0) is 13.9. The lowest BCUT2D eigenvalue weighted by atomic mass is 10.1. The number of alkyl halides is 3. The molecule has 2 heterocycles. The van der Waals surface area contributed by atoms with Crippen LogP contribution in [0.2, 0.25) is 0 Å². The summed E-state index contributed by atoms with van der Waals surface area (Å²) >= 11 is 0. The summed E-state index contributed by atoms with van der Waals surface area (Å²) in [5.74, 6) is -0.723.